The summed E-state index contributed by atoms with van der Waals surface area (Å²) in [6.45, 7) is 5.05. The van der Waals surface area contributed by atoms with E-state index in [1.165, 1.54) is 16.7 Å². The van der Waals surface area contributed by atoms with Crippen LogP contribution < -0.4 is 5.73 Å². The van der Waals surface area contributed by atoms with Crippen molar-refractivity contribution in [2.75, 3.05) is 33.2 Å². The quantitative estimate of drug-likeness (QED) is 0.936. The summed E-state index contributed by atoms with van der Waals surface area (Å²) in [5.41, 5.74) is 6.65. The number of carbonyl (C=O) groups is 1. The number of benzene rings is 1. The van der Waals surface area contributed by atoms with E-state index in [2.05, 4.69) is 29.0 Å². The zero-order chi connectivity index (χ0) is 14.1. The van der Waals surface area contributed by atoms with Crippen LogP contribution in [0.4, 0.5) is 0 Å². The minimum atomic E-state index is -0.310. The summed E-state index contributed by atoms with van der Waals surface area (Å²) in [6.07, 6.45) is 0. The predicted molar refractivity (Wildman–Crippen MR) is 83.1 cm³/mol. The SMILES string of the molecule is CN1CCN(Cc2c(C(N)=O)sc3ccccc23)CC1. The summed E-state index contributed by atoms with van der Waals surface area (Å²) in [5, 5.41) is 1.17. The summed E-state index contributed by atoms with van der Waals surface area (Å²) in [5.74, 6) is -0.310. The second kappa shape index (κ2) is 5.52. The van der Waals surface area contributed by atoms with Gasteiger partial charge in [-0.1, -0.05) is 18.2 Å². The Hall–Kier alpha value is -1.43. The highest BCUT2D eigenvalue weighted by molar-refractivity contribution is 7.21. The van der Waals surface area contributed by atoms with Crippen LogP contribution in [0.1, 0.15) is 15.2 Å². The van der Waals surface area contributed by atoms with Gasteiger partial charge in [0.05, 0.1) is 4.88 Å². The van der Waals surface area contributed by atoms with Gasteiger partial charge in [0, 0.05) is 37.4 Å². The van der Waals surface area contributed by atoms with Crippen molar-refractivity contribution in [2.45, 2.75) is 6.54 Å². The van der Waals surface area contributed by atoms with Crippen molar-refractivity contribution in [1.82, 2.24) is 9.80 Å². The molecule has 0 bridgehead atoms. The maximum Gasteiger partial charge on any atom is 0.259 e. The van der Waals surface area contributed by atoms with Gasteiger partial charge in [-0.25, -0.2) is 0 Å². The fourth-order valence-corrected chi connectivity index (χ4v) is 3.75. The van der Waals surface area contributed by atoms with Crippen LogP contribution in [0.25, 0.3) is 10.1 Å². The maximum absolute atomic E-state index is 11.7. The number of hydrogen-bond donors (Lipinski definition) is 1. The van der Waals surface area contributed by atoms with Crippen LogP contribution in [0.15, 0.2) is 24.3 Å². The van der Waals surface area contributed by atoms with Crippen molar-refractivity contribution in [1.29, 1.82) is 0 Å². The Morgan fingerprint density at radius 1 is 1.25 bits per heavy atom. The molecule has 106 valence electrons. The third kappa shape index (κ3) is 2.57. The zero-order valence-electron chi connectivity index (χ0n) is 11.6. The summed E-state index contributed by atoms with van der Waals surface area (Å²) in [6, 6.07) is 8.17. The van der Waals surface area contributed by atoms with Gasteiger partial charge in [-0.3, -0.25) is 9.69 Å². The van der Waals surface area contributed by atoms with E-state index in [1.807, 2.05) is 12.1 Å². The average Bonchev–Trinajstić information content (AvgIpc) is 2.81. The van der Waals surface area contributed by atoms with Gasteiger partial charge in [-0.2, -0.15) is 0 Å². The molecule has 1 saturated heterocycles. The fraction of sp³-hybridized carbons (Fsp3) is 0.400. The van der Waals surface area contributed by atoms with Crippen LogP contribution >= 0.6 is 11.3 Å². The largest absolute Gasteiger partial charge is 0.365 e. The second-order valence-electron chi connectivity index (χ2n) is 5.35. The van der Waals surface area contributed by atoms with Crippen molar-refractivity contribution in [3.8, 4) is 0 Å². The third-order valence-electron chi connectivity index (χ3n) is 3.90. The maximum atomic E-state index is 11.7. The Morgan fingerprint density at radius 2 is 1.95 bits per heavy atom. The standard InChI is InChI=1S/C15H19N3OS/c1-17-6-8-18(9-7-17)10-12-11-4-2-3-5-13(11)20-14(12)15(16)19/h2-5H,6-10H2,1H3,(H2,16,19). The number of fused-ring (bicyclic) bond motifs is 1. The Kier molecular flexibility index (Phi) is 3.74. The predicted octanol–water partition coefficient (Wildman–Crippen LogP) is 1.75. The van der Waals surface area contributed by atoms with E-state index in [0.29, 0.717) is 4.88 Å². The molecule has 4 nitrogen and oxygen atoms in total. The van der Waals surface area contributed by atoms with E-state index in [0.717, 1.165) is 43.0 Å². The highest BCUT2D eigenvalue weighted by Crippen LogP contribution is 2.32. The van der Waals surface area contributed by atoms with Gasteiger partial charge in [-0.05, 0) is 24.1 Å². The lowest BCUT2D eigenvalue weighted by molar-refractivity contribution is 0.100. The molecule has 0 radical (unpaired) electrons. The minimum absolute atomic E-state index is 0.310. The van der Waals surface area contributed by atoms with E-state index >= 15 is 0 Å². The Morgan fingerprint density at radius 3 is 2.65 bits per heavy atom. The molecule has 0 atom stereocenters. The molecule has 0 spiro atoms. The van der Waals surface area contributed by atoms with Gasteiger partial charge in [0.1, 0.15) is 0 Å². The molecule has 0 unspecified atom stereocenters. The molecule has 1 aromatic heterocycles. The first kappa shape index (κ1) is 13.5. The summed E-state index contributed by atoms with van der Waals surface area (Å²) >= 11 is 1.51. The number of piperazine rings is 1. The monoisotopic (exact) mass is 289 g/mol. The first-order chi connectivity index (χ1) is 9.65. The molecule has 1 fully saturated rings. The van der Waals surface area contributed by atoms with E-state index in [1.54, 1.807) is 0 Å². The second-order valence-corrected chi connectivity index (χ2v) is 6.40. The number of hydrogen-bond acceptors (Lipinski definition) is 4. The normalized spacial score (nSPS) is 17.6. The Labute approximate surface area is 122 Å². The zero-order valence-corrected chi connectivity index (χ0v) is 12.4. The number of thiophene rings is 1. The highest BCUT2D eigenvalue weighted by Gasteiger charge is 2.20. The lowest BCUT2D eigenvalue weighted by Crippen LogP contribution is -2.44. The van der Waals surface area contributed by atoms with E-state index in [4.69, 9.17) is 5.73 Å². The van der Waals surface area contributed by atoms with Crippen molar-refractivity contribution in [3.05, 3.63) is 34.7 Å². The Balaban J connectivity index is 1.93. The van der Waals surface area contributed by atoms with Crippen molar-refractivity contribution >= 4 is 27.3 Å². The average molecular weight is 289 g/mol. The number of likely N-dealkylation sites (N-methyl/N-ethyl adjacent to an activating group) is 1. The highest BCUT2D eigenvalue weighted by atomic mass is 32.1. The number of carbonyl (C=O) groups excluding carboxylic acids is 1. The lowest BCUT2D eigenvalue weighted by Gasteiger charge is -2.32. The van der Waals surface area contributed by atoms with Crippen molar-refractivity contribution in [2.24, 2.45) is 5.73 Å². The number of nitrogens with two attached hydrogens (primary N) is 1. The number of primary amides is 1. The fourth-order valence-electron chi connectivity index (χ4n) is 2.68. The smallest absolute Gasteiger partial charge is 0.259 e. The molecular formula is C15H19N3OS. The van der Waals surface area contributed by atoms with E-state index in [9.17, 15) is 4.79 Å². The van der Waals surface area contributed by atoms with Gasteiger partial charge in [0.15, 0.2) is 0 Å². The molecule has 1 aliphatic heterocycles. The molecule has 1 aromatic carbocycles. The van der Waals surface area contributed by atoms with Crippen LogP contribution in [-0.4, -0.2) is 48.9 Å². The van der Waals surface area contributed by atoms with Gasteiger partial charge < -0.3 is 10.6 Å². The molecule has 0 saturated carbocycles. The molecule has 1 amide bonds. The van der Waals surface area contributed by atoms with E-state index in [-0.39, 0.29) is 5.91 Å². The van der Waals surface area contributed by atoms with Crippen LogP contribution in [-0.2, 0) is 6.54 Å². The van der Waals surface area contributed by atoms with Gasteiger partial charge in [0.25, 0.3) is 5.91 Å². The Bertz CT molecular complexity index is 629. The minimum Gasteiger partial charge on any atom is -0.365 e. The molecule has 2 aromatic rings. The molecule has 0 aliphatic carbocycles. The van der Waals surface area contributed by atoms with Crippen molar-refractivity contribution < 1.29 is 4.79 Å². The van der Waals surface area contributed by atoms with Gasteiger partial charge in [0.2, 0.25) is 0 Å². The summed E-state index contributed by atoms with van der Waals surface area (Å²) < 4.78 is 1.14. The first-order valence-electron chi connectivity index (χ1n) is 6.86. The molecule has 2 N–H and O–H groups in total. The van der Waals surface area contributed by atoms with Gasteiger partial charge in [-0.15, -0.1) is 11.3 Å². The topological polar surface area (TPSA) is 49.6 Å². The lowest BCUT2D eigenvalue weighted by atomic mass is 10.1. The number of amides is 1. The molecule has 1 aliphatic rings. The molecule has 3 rings (SSSR count). The number of nitrogens with zero attached hydrogens (tertiary/aromatic N) is 2. The number of rotatable bonds is 3. The summed E-state index contributed by atoms with van der Waals surface area (Å²) in [4.78, 5) is 17.1. The van der Waals surface area contributed by atoms with Crippen LogP contribution in [0.2, 0.25) is 0 Å². The molecule has 5 heteroatoms. The van der Waals surface area contributed by atoms with Crippen LogP contribution in [0.5, 0.6) is 0 Å². The molecular weight excluding hydrogens is 270 g/mol. The summed E-state index contributed by atoms with van der Waals surface area (Å²) in [7, 11) is 2.15. The van der Waals surface area contributed by atoms with Gasteiger partial charge >= 0.3 is 0 Å². The van der Waals surface area contributed by atoms with Crippen molar-refractivity contribution in [3.63, 3.8) is 0 Å². The third-order valence-corrected chi connectivity index (χ3v) is 5.13. The van der Waals surface area contributed by atoms with Crippen LogP contribution in [0.3, 0.4) is 0 Å². The molecule has 20 heavy (non-hydrogen) atoms. The van der Waals surface area contributed by atoms with Crippen LogP contribution in [0, 0.1) is 0 Å². The first-order valence-corrected chi connectivity index (χ1v) is 7.68. The van der Waals surface area contributed by atoms with E-state index < -0.39 is 0 Å². The molecule has 2 heterocycles.